The molecule has 0 fully saturated rings. The van der Waals surface area contributed by atoms with Crippen LogP contribution in [-0.2, 0) is 28.6 Å². The van der Waals surface area contributed by atoms with Crippen LogP contribution < -0.4 is 15.4 Å². The fraction of sp³-hybridized carbons (Fsp3) is 0.219. The molecule has 3 aromatic heterocycles. The molecule has 11 nitrogen and oxygen atoms in total. The van der Waals surface area contributed by atoms with E-state index in [1.165, 1.54) is 19.1 Å². The van der Waals surface area contributed by atoms with Gasteiger partial charge in [0.25, 0.3) is 0 Å². The first-order valence-electron chi connectivity index (χ1n) is 13.8. The molecule has 12 heteroatoms. The standard InChI is InChI=1S/C32H32FN7O4/c1-20(41)43-19-21-6-8-23(9-7-21)40-30(16-29(38-40)32(2,3)4)37-31(42)36-27-11-10-24(14-26(27)33)44-25-12-13-34-28(15-25)22-17-35-39(5)18-22/h6-18H,19H2,1-5H3,(H2,36,37,42). The number of nitrogens with one attached hydrogen (secondary N) is 2. The highest BCUT2D eigenvalue weighted by molar-refractivity contribution is 5.99. The number of anilines is 2. The van der Waals surface area contributed by atoms with E-state index >= 15 is 4.39 Å². The van der Waals surface area contributed by atoms with Crippen molar-refractivity contribution in [2.75, 3.05) is 10.6 Å². The molecule has 44 heavy (non-hydrogen) atoms. The van der Waals surface area contributed by atoms with E-state index < -0.39 is 11.8 Å². The number of carbonyl (C=O) groups excluding carboxylic acids is 2. The fourth-order valence-electron chi connectivity index (χ4n) is 4.20. The van der Waals surface area contributed by atoms with Gasteiger partial charge in [-0.05, 0) is 35.9 Å². The highest BCUT2D eigenvalue weighted by Gasteiger charge is 2.22. The van der Waals surface area contributed by atoms with Gasteiger partial charge >= 0.3 is 12.0 Å². The van der Waals surface area contributed by atoms with E-state index in [-0.39, 0.29) is 29.4 Å². The topological polar surface area (TPSA) is 125 Å². The molecule has 0 atom stereocenters. The number of esters is 1. The van der Waals surface area contributed by atoms with Crippen molar-refractivity contribution in [1.82, 2.24) is 24.5 Å². The first-order valence-corrected chi connectivity index (χ1v) is 13.8. The number of urea groups is 1. The molecule has 0 aliphatic heterocycles. The molecule has 5 aromatic rings. The molecular weight excluding hydrogens is 565 g/mol. The second kappa shape index (κ2) is 12.4. The molecule has 0 radical (unpaired) electrons. The van der Waals surface area contributed by atoms with Crippen LogP contribution in [0.1, 0.15) is 39.0 Å². The first kappa shape index (κ1) is 30.0. The molecule has 2 amide bonds. The van der Waals surface area contributed by atoms with Crippen LogP contribution in [0, 0.1) is 5.82 Å². The number of amides is 2. The second-order valence-electron chi connectivity index (χ2n) is 11.1. The number of aryl methyl sites for hydroxylation is 1. The molecule has 5 rings (SSSR count). The molecule has 0 aliphatic rings. The molecule has 226 valence electrons. The van der Waals surface area contributed by atoms with Crippen molar-refractivity contribution >= 4 is 23.5 Å². The third-order valence-corrected chi connectivity index (χ3v) is 6.50. The van der Waals surface area contributed by atoms with Crippen molar-refractivity contribution in [2.24, 2.45) is 7.05 Å². The number of aromatic nitrogens is 5. The quantitative estimate of drug-likeness (QED) is 0.193. The van der Waals surface area contributed by atoms with Crippen LogP contribution in [0.25, 0.3) is 16.9 Å². The zero-order chi connectivity index (χ0) is 31.4. The molecule has 0 saturated heterocycles. The smallest absolute Gasteiger partial charge is 0.324 e. The highest BCUT2D eigenvalue weighted by atomic mass is 19.1. The molecule has 0 unspecified atom stereocenters. The summed E-state index contributed by atoms with van der Waals surface area (Å²) in [4.78, 5) is 28.5. The Balaban J connectivity index is 1.29. The molecular formula is C32H32FN7O4. The average Bonchev–Trinajstić information content (AvgIpc) is 3.60. The summed E-state index contributed by atoms with van der Waals surface area (Å²) >= 11 is 0. The minimum Gasteiger partial charge on any atom is -0.461 e. The summed E-state index contributed by atoms with van der Waals surface area (Å²) in [6, 6.07) is 15.9. The Bertz CT molecular complexity index is 1810. The first-order chi connectivity index (χ1) is 20.9. The molecule has 0 bridgehead atoms. The Labute approximate surface area is 253 Å². The van der Waals surface area contributed by atoms with E-state index in [2.05, 4.69) is 20.7 Å². The van der Waals surface area contributed by atoms with Crippen molar-refractivity contribution < 1.29 is 23.5 Å². The summed E-state index contributed by atoms with van der Waals surface area (Å²) < 4.78 is 29.2. The number of rotatable bonds is 8. The molecule has 0 aliphatic carbocycles. The lowest BCUT2D eigenvalue weighted by molar-refractivity contribution is -0.142. The van der Waals surface area contributed by atoms with E-state index in [4.69, 9.17) is 14.6 Å². The van der Waals surface area contributed by atoms with Gasteiger partial charge in [-0.3, -0.25) is 19.8 Å². The maximum Gasteiger partial charge on any atom is 0.324 e. The van der Waals surface area contributed by atoms with Crippen molar-refractivity contribution in [2.45, 2.75) is 39.7 Å². The summed E-state index contributed by atoms with van der Waals surface area (Å²) in [5.41, 5.74) is 3.38. The maximum absolute atomic E-state index is 15.1. The monoisotopic (exact) mass is 597 g/mol. The van der Waals surface area contributed by atoms with Crippen molar-refractivity contribution in [3.05, 3.63) is 96.3 Å². The predicted octanol–water partition coefficient (Wildman–Crippen LogP) is 6.60. The molecule has 2 N–H and O–H groups in total. The minimum absolute atomic E-state index is 0.0300. The zero-order valence-electron chi connectivity index (χ0n) is 25.0. The number of hydrogen-bond acceptors (Lipinski definition) is 7. The Morgan fingerprint density at radius 3 is 2.39 bits per heavy atom. The Kier molecular flexibility index (Phi) is 8.43. The van der Waals surface area contributed by atoms with Crippen LogP contribution in [-0.4, -0.2) is 36.5 Å². The molecule has 0 saturated carbocycles. The van der Waals surface area contributed by atoms with Gasteiger partial charge in [0.15, 0.2) is 0 Å². The lowest BCUT2D eigenvalue weighted by Gasteiger charge is -2.14. The summed E-state index contributed by atoms with van der Waals surface area (Å²) in [7, 11) is 1.81. The Morgan fingerprint density at radius 1 is 0.977 bits per heavy atom. The number of hydrogen-bond donors (Lipinski definition) is 2. The van der Waals surface area contributed by atoms with Crippen molar-refractivity contribution in [3.63, 3.8) is 0 Å². The molecule has 3 heterocycles. The van der Waals surface area contributed by atoms with E-state index in [1.54, 1.807) is 46.0 Å². The largest absolute Gasteiger partial charge is 0.461 e. The van der Waals surface area contributed by atoms with Crippen LogP contribution in [0.5, 0.6) is 11.5 Å². The van der Waals surface area contributed by atoms with Gasteiger partial charge in [0, 0.05) is 55.5 Å². The van der Waals surface area contributed by atoms with Crippen molar-refractivity contribution in [1.29, 1.82) is 0 Å². The van der Waals surface area contributed by atoms with E-state index in [0.29, 0.717) is 22.9 Å². The SMILES string of the molecule is CC(=O)OCc1ccc(-n2nc(C(C)(C)C)cc2NC(=O)Nc2ccc(Oc3ccnc(-c4cnn(C)c4)c3)cc2F)cc1. The molecule has 0 spiro atoms. The van der Waals surface area contributed by atoms with Gasteiger partial charge in [-0.2, -0.15) is 10.2 Å². The Hall–Kier alpha value is -5.52. The highest BCUT2D eigenvalue weighted by Crippen LogP contribution is 2.29. The van der Waals surface area contributed by atoms with Gasteiger partial charge in [0.05, 0.1) is 29.0 Å². The normalized spacial score (nSPS) is 11.2. The van der Waals surface area contributed by atoms with Gasteiger partial charge in [-0.1, -0.05) is 32.9 Å². The van der Waals surface area contributed by atoms with Gasteiger partial charge < -0.3 is 14.8 Å². The van der Waals surface area contributed by atoms with E-state index in [9.17, 15) is 9.59 Å². The minimum atomic E-state index is -0.675. The van der Waals surface area contributed by atoms with Crippen LogP contribution >= 0.6 is 0 Å². The maximum atomic E-state index is 15.1. The average molecular weight is 598 g/mol. The number of halogens is 1. The second-order valence-corrected chi connectivity index (χ2v) is 11.1. The number of pyridine rings is 1. The van der Waals surface area contributed by atoms with E-state index in [1.807, 2.05) is 58.3 Å². The van der Waals surface area contributed by atoms with Gasteiger partial charge in [-0.15, -0.1) is 0 Å². The van der Waals surface area contributed by atoms with Gasteiger partial charge in [-0.25, -0.2) is 13.9 Å². The summed E-state index contributed by atoms with van der Waals surface area (Å²) in [6.45, 7) is 7.54. The van der Waals surface area contributed by atoms with Crippen molar-refractivity contribution in [3.8, 4) is 28.4 Å². The fourth-order valence-corrected chi connectivity index (χ4v) is 4.20. The van der Waals surface area contributed by atoms with Crippen LogP contribution in [0.15, 0.2) is 79.3 Å². The van der Waals surface area contributed by atoms with E-state index in [0.717, 1.165) is 16.8 Å². The van der Waals surface area contributed by atoms with Gasteiger partial charge in [0.2, 0.25) is 0 Å². The molecule has 2 aromatic carbocycles. The Morgan fingerprint density at radius 2 is 1.73 bits per heavy atom. The predicted molar refractivity (Wildman–Crippen MR) is 163 cm³/mol. The number of benzene rings is 2. The summed E-state index contributed by atoms with van der Waals surface area (Å²) in [5, 5.41) is 14.2. The summed E-state index contributed by atoms with van der Waals surface area (Å²) in [5.74, 6) is 0.0751. The third-order valence-electron chi connectivity index (χ3n) is 6.50. The van der Waals surface area contributed by atoms with Crippen LogP contribution in [0.4, 0.5) is 20.7 Å². The number of ether oxygens (including phenoxy) is 2. The van der Waals surface area contributed by atoms with Crippen LogP contribution in [0.2, 0.25) is 0 Å². The van der Waals surface area contributed by atoms with Gasteiger partial charge in [0.1, 0.15) is 29.7 Å². The lowest BCUT2D eigenvalue weighted by atomic mass is 9.92. The third kappa shape index (κ3) is 7.27. The summed E-state index contributed by atoms with van der Waals surface area (Å²) in [6.07, 6.45) is 5.12. The van der Waals surface area contributed by atoms with Crippen LogP contribution in [0.3, 0.4) is 0 Å². The lowest BCUT2D eigenvalue weighted by Crippen LogP contribution is -2.22. The number of carbonyl (C=O) groups is 2. The number of nitrogens with zero attached hydrogens (tertiary/aromatic N) is 5. The zero-order valence-corrected chi connectivity index (χ0v) is 25.0.